The summed E-state index contributed by atoms with van der Waals surface area (Å²) in [4.78, 5) is 2.26. The zero-order valence-electron chi connectivity index (χ0n) is 9.20. The van der Waals surface area contributed by atoms with Crippen molar-refractivity contribution in [1.82, 2.24) is 4.90 Å². The van der Waals surface area contributed by atoms with Crippen LogP contribution in [0.2, 0.25) is 0 Å². The number of nitrogens with zero attached hydrogens (tertiary/aromatic N) is 1. The van der Waals surface area contributed by atoms with Crippen molar-refractivity contribution in [2.75, 3.05) is 39.9 Å². The van der Waals surface area contributed by atoms with E-state index in [1.165, 1.54) is 0 Å². The largest absolute Gasteiger partial charge is 0.388 e. The van der Waals surface area contributed by atoms with Crippen molar-refractivity contribution >= 4 is 0 Å². The Hall–Kier alpha value is -0.160. The molecule has 4 nitrogen and oxygen atoms in total. The molecule has 0 aromatic heterocycles. The van der Waals surface area contributed by atoms with Gasteiger partial charge >= 0.3 is 0 Å². The van der Waals surface area contributed by atoms with Crippen LogP contribution in [0.4, 0.5) is 0 Å². The van der Waals surface area contributed by atoms with Gasteiger partial charge in [0.15, 0.2) is 0 Å². The molecule has 2 atom stereocenters. The third kappa shape index (κ3) is 3.53. The third-order valence-corrected chi connectivity index (χ3v) is 2.78. The summed E-state index contributed by atoms with van der Waals surface area (Å²) in [5.41, 5.74) is 4.73. The molecule has 1 saturated heterocycles. The first-order valence-corrected chi connectivity index (χ1v) is 5.21. The van der Waals surface area contributed by atoms with Crippen molar-refractivity contribution in [3.63, 3.8) is 0 Å². The molecule has 84 valence electrons. The lowest BCUT2D eigenvalue weighted by Crippen LogP contribution is -2.45. The second kappa shape index (κ2) is 5.07. The lowest BCUT2D eigenvalue weighted by Gasteiger charge is -2.27. The Balaban J connectivity index is 2.28. The van der Waals surface area contributed by atoms with Gasteiger partial charge in [-0.2, -0.15) is 0 Å². The van der Waals surface area contributed by atoms with Crippen LogP contribution in [0.15, 0.2) is 0 Å². The van der Waals surface area contributed by atoms with Gasteiger partial charge in [0.25, 0.3) is 0 Å². The van der Waals surface area contributed by atoms with Crippen LogP contribution in [0.1, 0.15) is 13.3 Å². The molecule has 0 aromatic carbocycles. The van der Waals surface area contributed by atoms with Crippen LogP contribution in [0.5, 0.6) is 0 Å². The molecular weight excluding hydrogens is 180 g/mol. The molecule has 0 bridgehead atoms. The summed E-state index contributed by atoms with van der Waals surface area (Å²) in [6, 6.07) is 0. The maximum absolute atomic E-state index is 9.80. The Morgan fingerprint density at radius 3 is 2.93 bits per heavy atom. The smallest absolute Gasteiger partial charge is 0.0867 e. The van der Waals surface area contributed by atoms with Crippen molar-refractivity contribution in [3.05, 3.63) is 0 Å². The number of likely N-dealkylation sites (tertiary alicyclic amines) is 1. The molecule has 1 heterocycles. The summed E-state index contributed by atoms with van der Waals surface area (Å²) in [7, 11) is 1.73. The fourth-order valence-corrected chi connectivity index (χ4v) is 1.97. The molecule has 1 fully saturated rings. The zero-order chi connectivity index (χ0) is 10.6. The normalized spacial score (nSPS) is 27.9. The number of hydrogen-bond donors (Lipinski definition) is 2. The topological polar surface area (TPSA) is 58.7 Å². The molecule has 1 aliphatic heterocycles. The average Bonchev–Trinajstić information content (AvgIpc) is 2.53. The van der Waals surface area contributed by atoms with E-state index < -0.39 is 5.60 Å². The van der Waals surface area contributed by atoms with Gasteiger partial charge in [0.2, 0.25) is 0 Å². The monoisotopic (exact) mass is 202 g/mol. The summed E-state index contributed by atoms with van der Waals surface area (Å²) in [6.45, 7) is 5.66. The van der Waals surface area contributed by atoms with Crippen LogP contribution in [-0.2, 0) is 4.74 Å². The molecule has 0 aliphatic carbocycles. The van der Waals surface area contributed by atoms with Crippen LogP contribution >= 0.6 is 0 Å². The first kappa shape index (κ1) is 11.9. The van der Waals surface area contributed by atoms with Crippen LogP contribution < -0.4 is 5.73 Å². The predicted octanol–water partition coefficient (Wildman–Crippen LogP) is -0.336. The molecule has 4 heteroatoms. The van der Waals surface area contributed by atoms with Gasteiger partial charge < -0.3 is 20.5 Å². The molecular formula is C10H22N2O2. The Bertz CT molecular complexity index is 174. The number of nitrogens with two attached hydrogens (primary N) is 1. The molecule has 0 radical (unpaired) electrons. The molecule has 1 rings (SSSR count). The maximum atomic E-state index is 9.80. The first-order chi connectivity index (χ1) is 6.57. The second-order valence-corrected chi connectivity index (χ2v) is 4.55. The van der Waals surface area contributed by atoms with Crippen LogP contribution in [-0.4, -0.2) is 55.5 Å². The molecule has 0 aromatic rings. The van der Waals surface area contributed by atoms with Crippen molar-refractivity contribution < 1.29 is 9.84 Å². The van der Waals surface area contributed by atoms with Crippen molar-refractivity contribution in [1.29, 1.82) is 0 Å². The van der Waals surface area contributed by atoms with Crippen LogP contribution in [0.3, 0.4) is 0 Å². The van der Waals surface area contributed by atoms with E-state index in [4.69, 9.17) is 10.5 Å². The van der Waals surface area contributed by atoms with Crippen molar-refractivity contribution in [3.8, 4) is 0 Å². The highest BCUT2D eigenvalue weighted by atomic mass is 16.5. The van der Waals surface area contributed by atoms with Gasteiger partial charge in [0, 0.05) is 26.7 Å². The van der Waals surface area contributed by atoms with Gasteiger partial charge in [-0.25, -0.2) is 0 Å². The van der Waals surface area contributed by atoms with Gasteiger partial charge in [0.1, 0.15) is 0 Å². The highest BCUT2D eigenvalue weighted by Gasteiger charge is 2.28. The fourth-order valence-electron chi connectivity index (χ4n) is 1.97. The van der Waals surface area contributed by atoms with Gasteiger partial charge in [-0.1, -0.05) is 0 Å². The Kier molecular flexibility index (Phi) is 4.31. The molecule has 3 N–H and O–H groups in total. The summed E-state index contributed by atoms with van der Waals surface area (Å²) < 4.78 is 5.12. The van der Waals surface area contributed by atoms with E-state index in [0.29, 0.717) is 19.0 Å². The summed E-state index contributed by atoms with van der Waals surface area (Å²) in [5, 5.41) is 9.80. The summed E-state index contributed by atoms with van der Waals surface area (Å²) in [5.74, 6) is 0.619. The van der Waals surface area contributed by atoms with E-state index in [1.807, 2.05) is 0 Å². The number of rotatable bonds is 5. The fraction of sp³-hybridized carbons (Fsp3) is 1.00. The summed E-state index contributed by atoms with van der Waals surface area (Å²) >= 11 is 0. The second-order valence-electron chi connectivity index (χ2n) is 4.55. The van der Waals surface area contributed by atoms with Gasteiger partial charge in [-0.3, -0.25) is 0 Å². The molecule has 2 unspecified atom stereocenters. The van der Waals surface area contributed by atoms with Crippen molar-refractivity contribution in [2.24, 2.45) is 11.7 Å². The van der Waals surface area contributed by atoms with E-state index in [1.54, 1.807) is 14.0 Å². The maximum Gasteiger partial charge on any atom is 0.0867 e. The van der Waals surface area contributed by atoms with E-state index in [0.717, 1.165) is 26.1 Å². The van der Waals surface area contributed by atoms with E-state index in [2.05, 4.69) is 4.90 Å². The number of hydrogen-bond acceptors (Lipinski definition) is 4. The number of aliphatic hydroxyl groups is 1. The molecule has 0 spiro atoms. The van der Waals surface area contributed by atoms with Crippen LogP contribution in [0, 0.1) is 5.92 Å². The van der Waals surface area contributed by atoms with Gasteiger partial charge in [0.05, 0.1) is 12.2 Å². The number of ether oxygens (including phenoxy) is 1. The first-order valence-electron chi connectivity index (χ1n) is 5.21. The minimum absolute atomic E-state index is 0.318. The predicted molar refractivity (Wildman–Crippen MR) is 56.1 cm³/mol. The quantitative estimate of drug-likeness (QED) is 0.640. The van der Waals surface area contributed by atoms with E-state index in [-0.39, 0.29) is 0 Å². The lowest BCUT2D eigenvalue weighted by molar-refractivity contribution is 0.0321. The van der Waals surface area contributed by atoms with Crippen LogP contribution in [0.25, 0.3) is 0 Å². The SMILES string of the molecule is COCC1CCN(CC(C)(O)CN)C1. The third-order valence-electron chi connectivity index (χ3n) is 2.78. The Morgan fingerprint density at radius 1 is 1.64 bits per heavy atom. The Labute approximate surface area is 86.0 Å². The van der Waals surface area contributed by atoms with Gasteiger partial charge in [-0.15, -0.1) is 0 Å². The molecule has 0 saturated carbocycles. The molecule has 1 aliphatic rings. The minimum Gasteiger partial charge on any atom is -0.388 e. The van der Waals surface area contributed by atoms with E-state index >= 15 is 0 Å². The number of β-amino-alcohol motifs (C(OH)–C–C–N with tert-alkyl or cyclic N) is 1. The van der Waals surface area contributed by atoms with Crippen molar-refractivity contribution in [2.45, 2.75) is 18.9 Å². The average molecular weight is 202 g/mol. The van der Waals surface area contributed by atoms with Gasteiger partial charge in [-0.05, 0) is 25.8 Å². The van der Waals surface area contributed by atoms with E-state index in [9.17, 15) is 5.11 Å². The standard InChI is InChI=1S/C10H22N2O2/c1-10(13,7-11)8-12-4-3-9(5-12)6-14-2/h9,13H,3-8,11H2,1-2H3. The highest BCUT2D eigenvalue weighted by Crippen LogP contribution is 2.18. The lowest BCUT2D eigenvalue weighted by atomic mass is 10.1. The minimum atomic E-state index is -0.748. The number of methoxy groups -OCH3 is 1. The Morgan fingerprint density at radius 2 is 2.36 bits per heavy atom. The zero-order valence-corrected chi connectivity index (χ0v) is 9.20. The highest BCUT2D eigenvalue weighted by molar-refractivity contribution is 4.83. The molecule has 14 heavy (non-hydrogen) atoms. The summed E-state index contributed by atoms with van der Waals surface area (Å²) in [6.07, 6.45) is 1.16. The molecule has 0 amide bonds.